The van der Waals surface area contributed by atoms with E-state index in [0.29, 0.717) is 12.6 Å². The maximum Gasteiger partial charge on any atom is 0.361 e. The highest BCUT2D eigenvalue weighted by Gasteiger charge is 2.29. The second kappa shape index (κ2) is 2.83. The average molecular weight is 200 g/mol. The Labute approximate surface area is 80.2 Å². The molecule has 1 aliphatic carbocycles. The van der Waals surface area contributed by atoms with Gasteiger partial charge < -0.3 is 4.58 Å². The fraction of sp³-hybridized carbons (Fsp3) is 0.300. The number of rotatable bonds is 0. The lowest BCUT2D eigenvalue weighted by Crippen LogP contribution is -2.18. The first-order valence-electron chi connectivity index (χ1n) is 4.26. The Bertz CT molecular complexity index is 336. The van der Waals surface area contributed by atoms with Gasteiger partial charge >= 0.3 is 6.18 Å². The van der Waals surface area contributed by atoms with E-state index in [9.17, 15) is 13.2 Å². The zero-order valence-corrected chi connectivity index (χ0v) is 7.43. The molecule has 4 heteroatoms. The molecule has 0 radical (unpaired) electrons. The van der Waals surface area contributed by atoms with Crippen molar-refractivity contribution in [3.05, 3.63) is 35.8 Å². The number of alkyl halides is 3. The minimum Gasteiger partial charge on any atom is -0.307 e. The van der Waals surface area contributed by atoms with Gasteiger partial charge in [0.2, 0.25) is 0 Å². The predicted octanol–water partition coefficient (Wildman–Crippen LogP) is 2.27. The van der Waals surface area contributed by atoms with Crippen molar-refractivity contribution in [3.63, 3.8) is 0 Å². The lowest BCUT2D eigenvalue weighted by Gasteiger charge is -2.30. The van der Waals surface area contributed by atoms with Gasteiger partial charge in [0.25, 0.3) is 0 Å². The molecular weight excluding hydrogens is 191 g/mol. The fourth-order valence-corrected chi connectivity index (χ4v) is 1.62. The van der Waals surface area contributed by atoms with Gasteiger partial charge in [-0.25, -0.2) is 12.5 Å². The van der Waals surface area contributed by atoms with Gasteiger partial charge in [-0.2, -0.15) is 24.8 Å². The Hall–Kier alpha value is -1.32. The summed E-state index contributed by atoms with van der Waals surface area (Å²) in [6.45, 7) is 4.36. The van der Waals surface area contributed by atoms with Gasteiger partial charge in [-0.3, -0.25) is 0 Å². The molecule has 0 aromatic rings. The lowest BCUT2D eigenvalue weighted by molar-refractivity contribution is -0.475. The van der Waals surface area contributed by atoms with Crippen LogP contribution in [0.25, 0.3) is 0 Å². The van der Waals surface area contributed by atoms with Crippen LogP contribution in [0.15, 0.2) is 23.3 Å². The molecule has 1 fully saturated rings. The first-order chi connectivity index (χ1) is 6.48. The van der Waals surface area contributed by atoms with Gasteiger partial charge in [-0.1, -0.05) is 0 Å². The summed E-state index contributed by atoms with van der Waals surface area (Å²) in [5.74, 6) is 0. The molecule has 1 aliphatic heterocycles. The molecule has 0 unspecified atom stereocenters. The number of hydrogen-bond donors (Lipinski definition) is 0. The monoisotopic (exact) mass is 200 g/mol. The van der Waals surface area contributed by atoms with Crippen molar-refractivity contribution >= 4 is 6.72 Å². The molecule has 0 spiro atoms. The van der Waals surface area contributed by atoms with Crippen molar-refractivity contribution < 1.29 is 17.7 Å². The van der Waals surface area contributed by atoms with Crippen molar-refractivity contribution in [2.75, 3.05) is 6.54 Å². The van der Waals surface area contributed by atoms with Crippen molar-refractivity contribution in [1.82, 2.24) is 0 Å². The first kappa shape index (κ1) is 9.24. The largest absolute Gasteiger partial charge is 0.361 e. The van der Waals surface area contributed by atoms with Gasteiger partial charge in [0.05, 0.1) is 6.72 Å². The predicted molar refractivity (Wildman–Crippen MR) is 46.6 cm³/mol. The van der Waals surface area contributed by atoms with E-state index in [0.717, 1.165) is 24.5 Å². The number of nitrogens with zero attached hydrogens (tertiary/aromatic N) is 1. The summed E-state index contributed by atoms with van der Waals surface area (Å²) < 4.78 is 38.6. The van der Waals surface area contributed by atoms with Crippen LogP contribution in [-0.2, 0) is 0 Å². The quantitative estimate of drug-likeness (QED) is 0.417. The van der Waals surface area contributed by atoms with E-state index in [1.807, 2.05) is 0 Å². The minimum absolute atomic E-state index is 0.597. The fourth-order valence-electron chi connectivity index (χ4n) is 1.62. The van der Waals surface area contributed by atoms with Crippen LogP contribution >= 0.6 is 0 Å². The van der Waals surface area contributed by atoms with Crippen LogP contribution in [0.3, 0.4) is 0 Å². The Morgan fingerprint density at radius 2 is 2.21 bits per heavy atom. The Kier molecular flexibility index (Phi) is 1.87. The van der Waals surface area contributed by atoms with Crippen molar-refractivity contribution in [3.8, 4) is 0 Å². The topological polar surface area (TPSA) is 3.01 Å². The molecule has 2 aliphatic rings. The molecule has 14 heavy (non-hydrogen) atoms. The first-order valence-corrected chi connectivity index (χ1v) is 4.26. The second-order valence-corrected chi connectivity index (χ2v) is 3.35. The summed E-state index contributed by atoms with van der Waals surface area (Å²) in [5, 5.41) is 0. The highest BCUT2D eigenvalue weighted by Crippen LogP contribution is 2.38. The number of fused-ring (bicyclic) bond motifs is 1. The third-order valence-electron chi connectivity index (χ3n) is 2.40. The van der Waals surface area contributed by atoms with Gasteiger partial charge in [0.15, 0.2) is 0 Å². The molecule has 0 saturated carbocycles. The molecule has 0 atom stereocenters. The Morgan fingerprint density at radius 3 is 2.86 bits per heavy atom. The molecule has 1 heterocycles. The van der Waals surface area contributed by atoms with Crippen molar-refractivity contribution in [1.29, 1.82) is 0 Å². The third-order valence-corrected chi connectivity index (χ3v) is 2.40. The van der Waals surface area contributed by atoms with Crippen LogP contribution in [0.5, 0.6) is 0 Å². The molecular formula is C10H9F3N-. The van der Waals surface area contributed by atoms with E-state index in [2.05, 4.69) is 6.72 Å². The van der Waals surface area contributed by atoms with Crippen LogP contribution < -0.4 is 0 Å². The number of allylic oxidation sites excluding steroid dienone is 2. The molecule has 0 bridgehead atoms. The maximum atomic E-state index is 12.3. The number of hydrogen-bond acceptors (Lipinski definition) is 0. The van der Waals surface area contributed by atoms with Gasteiger partial charge in [0.1, 0.15) is 6.54 Å². The van der Waals surface area contributed by atoms with Crippen molar-refractivity contribution in [2.45, 2.75) is 12.6 Å². The third kappa shape index (κ3) is 1.41. The highest BCUT2D eigenvalue weighted by atomic mass is 19.4. The van der Waals surface area contributed by atoms with Crippen LogP contribution in [0.4, 0.5) is 13.2 Å². The summed E-state index contributed by atoms with van der Waals surface area (Å²) in [6.07, 6.45) is 0.325. The molecule has 1 saturated heterocycles. The number of halogens is 3. The molecule has 1 nitrogen and oxygen atoms in total. The van der Waals surface area contributed by atoms with Gasteiger partial charge in [-0.15, -0.1) is 5.57 Å². The normalized spacial score (nSPS) is 21.4. The van der Waals surface area contributed by atoms with Crippen molar-refractivity contribution in [2.24, 2.45) is 0 Å². The van der Waals surface area contributed by atoms with E-state index < -0.39 is 11.7 Å². The van der Waals surface area contributed by atoms with E-state index in [-0.39, 0.29) is 0 Å². The van der Waals surface area contributed by atoms with Crippen LogP contribution in [0.2, 0.25) is 0 Å². The van der Waals surface area contributed by atoms with Crippen LogP contribution in [-0.4, -0.2) is 24.0 Å². The van der Waals surface area contributed by atoms with E-state index in [1.165, 1.54) is 6.08 Å². The SMILES string of the molecule is C=[N+]1CCC2=C[CH-]C(C(F)(F)F)=C[C-]21. The molecule has 0 amide bonds. The molecule has 0 N–H and O–H groups in total. The highest BCUT2D eigenvalue weighted by molar-refractivity contribution is 5.46. The lowest BCUT2D eigenvalue weighted by atomic mass is 9.95. The molecule has 76 valence electrons. The Balaban J connectivity index is 2.28. The Morgan fingerprint density at radius 1 is 1.50 bits per heavy atom. The molecule has 2 rings (SSSR count). The smallest absolute Gasteiger partial charge is 0.307 e. The average Bonchev–Trinajstić information content (AvgIpc) is 2.46. The maximum absolute atomic E-state index is 12.3. The molecule has 0 aromatic carbocycles. The van der Waals surface area contributed by atoms with Crippen LogP contribution in [0.1, 0.15) is 6.42 Å². The van der Waals surface area contributed by atoms with E-state index in [4.69, 9.17) is 0 Å². The summed E-state index contributed by atoms with van der Waals surface area (Å²) in [7, 11) is 0. The minimum atomic E-state index is -4.27. The van der Waals surface area contributed by atoms with E-state index >= 15 is 0 Å². The summed E-state index contributed by atoms with van der Waals surface area (Å²) in [4.78, 5) is 0. The van der Waals surface area contributed by atoms with E-state index in [1.54, 1.807) is 4.58 Å². The van der Waals surface area contributed by atoms with Gasteiger partial charge in [-0.05, 0) is 6.42 Å². The zero-order valence-electron chi connectivity index (χ0n) is 7.43. The summed E-state index contributed by atoms with van der Waals surface area (Å²) in [6, 6.07) is 0.597. The van der Waals surface area contributed by atoms with Crippen LogP contribution in [0, 0.1) is 12.5 Å². The van der Waals surface area contributed by atoms with Gasteiger partial charge in [0, 0.05) is 6.04 Å². The zero-order chi connectivity index (χ0) is 10.3. The summed E-state index contributed by atoms with van der Waals surface area (Å²) >= 11 is 0. The standard InChI is InChI=1S/C10H9F3N/c1-14-5-4-7-2-3-8(6-9(7)14)10(11,12)13/h2-3,6H,1,4-5H2/q-1. The second-order valence-electron chi connectivity index (χ2n) is 3.35. The molecule has 0 aromatic heterocycles. The summed E-state index contributed by atoms with van der Waals surface area (Å²) in [5.41, 5.74) is 0.333.